The van der Waals surface area contributed by atoms with Gasteiger partial charge in [-0.25, -0.2) is 4.98 Å². The monoisotopic (exact) mass is 395 g/mol. The van der Waals surface area contributed by atoms with E-state index in [4.69, 9.17) is 4.74 Å². The van der Waals surface area contributed by atoms with Gasteiger partial charge in [-0.2, -0.15) is 0 Å². The number of fused-ring (bicyclic) bond motifs is 1. The largest absolute Gasteiger partial charge is 0.376 e. The average Bonchev–Trinajstić information content (AvgIpc) is 3.19. The molecule has 0 aliphatic carbocycles. The molecule has 1 N–H and O–H groups in total. The molecule has 0 spiro atoms. The predicted octanol–water partition coefficient (Wildman–Crippen LogP) is 3.04. The van der Waals surface area contributed by atoms with Crippen LogP contribution < -0.4 is 10.9 Å². The van der Waals surface area contributed by atoms with E-state index >= 15 is 0 Å². The van der Waals surface area contributed by atoms with E-state index in [2.05, 4.69) is 10.3 Å². The van der Waals surface area contributed by atoms with Crippen LogP contribution >= 0.6 is 23.1 Å². The Morgan fingerprint density at radius 1 is 1.46 bits per heavy atom. The summed E-state index contributed by atoms with van der Waals surface area (Å²) in [4.78, 5) is 31.7. The lowest BCUT2D eigenvalue weighted by molar-refractivity contribution is -0.119. The van der Waals surface area contributed by atoms with Crippen LogP contribution in [0.1, 0.15) is 43.2 Å². The Morgan fingerprint density at radius 2 is 2.23 bits per heavy atom. The number of carbonyl (C=O) groups excluding carboxylic acids is 1. The van der Waals surface area contributed by atoms with Gasteiger partial charge in [0.25, 0.3) is 5.56 Å². The van der Waals surface area contributed by atoms with Crippen LogP contribution in [0.2, 0.25) is 0 Å². The standard InChI is InChI=1S/C18H25N3O3S2/c1-10(2)21-17(23)15-11(3)12(4)26-16(15)20-18(21)25-9-14(22)19-8-13-6-5-7-24-13/h10,13H,5-9H2,1-4H3,(H,19,22)/t13-/m1/s1. The highest BCUT2D eigenvalue weighted by Crippen LogP contribution is 2.29. The summed E-state index contributed by atoms with van der Waals surface area (Å²) in [5.74, 6) is 0.175. The van der Waals surface area contributed by atoms with Gasteiger partial charge in [0.1, 0.15) is 4.83 Å². The van der Waals surface area contributed by atoms with Crippen LogP contribution in [0.15, 0.2) is 9.95 Å². The molecule has 0 radical (unpaired) electrons. The molecule has 0 bridgehead atoms. The zero-order valence-electron chi connectivity index (χ0n) is 15.6. The number of amides is 1. The van der Waals surface area contributed by atoms with Gasteiger partial charge in [-0.3, -0.25) is 14.2 Å². The molecule has 3 heterocycles. The molecule has 2 aromatic heterocycles. The molecule has 8 heteroatoms. The van der Waals surface area contributed by atoms with E-state index in [1.807, 2.05) is 27.7 Å². The van der Waals surface area contributed by atoms with Crippen LogP contribution in [0.3, 0.4) is 0 Å². The highest BCUT2D eigenvalue weighted by atomic mass is 32.2. The third-order valence-electron chi connectivity index (χ3n) is 4.60. The van der Waals surface area contributed by atoms with E-state index in [1.54, 1.807) is 4.57 Å². The lowest BCUT2D eigenvalue weighted by Crippen LogP contribution is -2.33. The molecule has 2 aromatic rings. The van der Waals surface area contributed by atoms with Gasteiger partial charge < -0.3 is 10.1 Å². The van der Waals surface area contributed by atoms with Crippen molar-refractivity contribution in [1.29, 1.82) is 0 Å². The van der Waals surface area contributed by atoms with Crippen LogP contribution in [-0.4, -0.2) is 40.5 Å². The van der Waals surface area contributed by atoms with Crippen LogP contribution in [0.4, 0.5) is 0 Å². The summed E-state index contributed by atoms with van der Waals surface area (Å²) in [6.45, 7) is 9.22. The van der Waals surface area contributed by atoms with Gasteiger partial charge in [-0.05, 0) is 46.1 Å². The Labute approximate surface area is 161 Å². The van der Waals surface area contributed by atoms with Gasteiger partial charge in [0.2, 0.25) is 5.91 Å². The number of thiophene rings is 1. The smallest absolute Gasteiger partial charge is 0.263 e. The number of nitrogens with zero attached hydrogens (tertiary/aromatic N) is 2. The van der Waals surface area contributed by atoms with Crippen molar-refractivity contribution in [2.24, 2.45) is 0 Å². The molecule has 3 rings (SSSR count). The normalized spacial score (nSPS) is 17.3. The first-order chi connectivity index (χ1) is 12.4. The molecule has 0 aromatic carbocycles. The summed E-state index contributed by atoms with van der Waals surface area (Å²) in [5, 5.41) is 4.22. The maximum Gasteiger partial charge on any atom is 0.263 e. The molecule has 1 aliphatic rings. The van der Waals surface area contributed by atoms with Crippen molar-refractivity contribution < 1.29 is 9.53 Å². The maximum absolute atomic E-state index is 13.0. The lowest BCUT2D eigenvalue weighted by atomic mass is 10.2. The lowest BCUT2D eigenvalue weighted by Gasteiger charge is -2.15. The van der Waals surface area contributed by atoms with Crippen LogP contribution in [0.5, 0.6) is 0 Å². The van der Waals surface area contributed by atoms with Gasteiger partial charge in [0.05, 0.1) is 17.2 Å². The first kappa shape index (κ1) is 19.4. The van der Waals surface area contributed by atoms with E-state index in [9.17, 15) is 9.59 Å². The van der Waals surface area contributed by atoms with Gasteiger partial charge in [0, 0.05) is 24.1 Å². The highest BCUT2D eigenvalue weighted by Gasteiger charge is 2.20. The summed E-state index contributed by atoms with van der Waals surface area (Å²) in [6, 6.07) is -0.0172. The van der Waals surface area contributed by atoms with E-state index in [1.165, 1.54) is 23.1 Å². The minimum atomic E-state index is -0.0614. The number of hydrogen-bond acceptors (Lipinski definition) is 6. The van der Waals surface area contributed by atoms with Crippen molar-refractivity contribution in [2.75, 3.05) is 18.9 Å². The summed E-state index contributed by atoms with van der Waals surface area (Å²) >= 11 is 2.85. The molecule has 0 unspecified atom stereocenters. The molecule has 6 nitrogen and oxygen atoms in total. The first-order valence-electron chi connectivity index (χ1n) is 8.91. The van der Waals surface area contributed by atoms with Crippen molar-refractivity contribution >= 4 is 39.2 Å². The number of aryl methyl sites for hydroxylation is 2. The molecule has 142 valence electrons. The number of nitrogens with one attached hydrogen (secondary N) is 1. The van der Waals surface area contributed by atoms with Gasteiger partial charge in [-0.1, -0.05) is 11.8 Å². The minimum Gasteiger partial charge on any atom is -0.376 e. The summed E-state index contributed by atoms with van der Waals surface area (Å²) in [6.07, 6.45) is 2.18. The second-order valence-corrected chi connectivity index (χ2v) is 9.00. The average molecular weight is 396 g/mol. The summed E-state index contributed by atoms with van der Waals surface area (Å²) in [7, 11) is 0. The molecule has 1 saturated heterocycles. The van der Waals surface area contributed by atoms with Crippen molar-refractivity contribution in [3.05, 3.63) is 20.8 Å². The molecule has 1 amide bonds. The fourth-order valence-electron chi connectivity index (χ4n) is 3.06. The van der Waals surface area contributed by atoms with Gasteiger partial charge in [-0.15, -0.1) is 11.3 Å². The second-order valence-electron chi connectivity index (χ2n) is 6.85. The Bertz CT molecular complexity index is 867. The maximum atomic E-state index is 13.0. The quantitative estimate of drug-likeness (QED) is 0.601. The number of hydrogen-bond donors (Lipinski definition) is 1. The second kappa shape index (κ2) is 8.10. The molecule has 0 saturated carbocycles. The van der Waals surface area contributed by atoms with E-state index in [0.717, 1.165) is 34.7 Å². The van der Waals surface area contributed by atoms with Gasteiger partial charge in [0.15, 0.2) is 5.16 Å². The third kappa shape index (κ3) is 3.97. The van der Waals surface area contributed by atoms with Gasteiger partial charge >= 0.3 is 0 Å². The van der Waals surface area contributed by atoms with Crippen molar-refractivity contribution in [1.82, 2.24) is 14.9 Å². The molecule has 1 aliphatic heterocycles. The third-order valence-corrected chi connectivity index (χ3v) is 6.66. The van der Waals surface area contributed by atoms with Crippen LogP contribution in [-0.2, 0) is 9.53 Å². The van der Waals surface area contributed by atoms with Crippen LogP contribution in [0, 0.1) is 13.8 Å². The number of ether oxygens (including phenoxy) is 1. The zero-order chi connectivity index (χ0) is 18.8. The summed E-state index contributed by atoms with van der Waals surface area (Å²) < 4.78 is 7.21. The summed E-state index contributed by atoms with van der Waals surface area (Å²) in [5.41, 5.74) is 0.983. The Hall–Kier alpha value is -1.38. The minimum absolute atomic E-state index is 0.0172. The van der Waals surface area contributed by atoms with E-state index in [-0.39, 0.29) is 29.4 Å². The Kier molecular flexibility index (Phi) is 6.04. The number of thioether (sulfide) groups is 1. The van der Waals surface area contributed by atoms with Crippen molar-refractivity contribution in [3.8, 4) is 0 Å². The first-order valence-corrected chi connectivity index (χ1v) is 10.7. The van der Waals surface area contributed by atoms with E-state index in [0.29, 0.717) is 17.1 Å². The molecular weight excluding hydrogens is 370 g/mol. The predicted molar refractivity (Wildman–Crippen MR) is 106 cm³/mol. The fraction of sp³-hybridized carbons (Fsp3) is 0.611. The molecule has 1 fully saturated rings. The van der Waals surface area contributed by atoms with Crippen molar-refractivity contribution in [2.45, 2.75) is 57.8 Å². The highest BCUT2D eigenvalue weighted by molar-refractivity contribution is 7.99. The van der Waals surface area contributed by atoms with Crippen LogP contribution in [0.25, 0.3) is 10.2 Å². The Balaban J connectivity index is 1.77. The number of rotatable bonds is 6. The number of carbonyl (C=O) groups is 1. The number of aromatic nitrogens is 2. The van der Waals surface area contributed by atoms with E-state index < -0.39 is 0 Å². The SMILES string of the molecule is Cc1sc2nc(SCC(=O)NC[C@H]3CCCO3)n(C(C)C)c(=O)c2c1C. The molecule has 26 heavy (non-hydrogen) atoms. The fourth-order valence-corrected chi connectivity index (χ4v) is 5.09. The topological polar surface area (TPSA) is 73.2 Å². The van der Waals surface area contributed by atoms with Crippen molar-refractivity contribution in [3.63, 3.8) is 0 Å². The molecule has 1 atom stereocenters. The zero-order valence-corrected chi connectivity index (χ0v) is 17.3. The Morgan fingerprint density at radius 3 is 2.88 bits per heavy atom. The molecular formula is C18H25N3O3S2.